The zero-order valence-electron chi connectivity index (χ0n) is 4.85. The summed E-state index contributed by atoms with van der Waals surface area (Å²) in [6.07, 6.45) is 2.25. The van der Waals surface area contributed by atoms with Gasteiger partial charge in [-0.05, 0) is 0 Å². The fraction of sp³-hybridized carbons (Fsp3) is 0.800. The van der Waals surface area contributed by atoms with Crippen molar-refractivity contribution in [2.75, 3.05) is 0 Å². The molecule has 0 saturated heterocycles. The average molecular weight is 532 g/mol. The third-order valence-electron chi connectivity index (χ3n) is 1.42. The van der Waals surface area contributed by atoms with Crippen molar-refractivity contribution in [3.8, 4) is 0 Å². The minimum atomic E-state index is 0.171. The van der Waals surface area contributed by atoms with E-state index >= 15 is 0 Å². The molecule has 0 bridgehead atoms. The van der Waals surface area contributed by atoms with E-state index in [4.69, 9.17) is 5.73 Å². The molecule has 58 valence electrons. The molecule has 0 aliphatic heterocycles. The number of hydrogen-bond donors (Lipinski definition) is 0. The van der Waals surface area contributed by atoms with Gasteiger partial charge in [0, 0.05) is 0 Å². The fourth-order valence-corrected chi connectivity index (χ4v) is 0.569. The summed E-state index contributed by atoms with van der Waals surface area (Å²) in [4.78, 5) is 0. The maximum atomic E-state index is 7.06. The van der Waals surface area contributed by atoms with E-state index in [0.717, 1.165) is 6.42 Å². The van der Waals surface area contributed by atoms with Crippen LogP contribution in [0.15, 0.2) is 0 Å². The Bertz CT molecular complexity index is 64.0. The molecule has 0 aromatic carbocycles. The molecule has 1 nitrogen and oxygen atoms in total. The molecule has 4 heteroatoms. The molecule has 0 spiro atoms. The van der Waals surface area contributed by atoms with Crippen LogP contribution < -0.4 is 0 Å². The first-order valence-corrected chi connectivity index (χ1v) is 15.5. The summed E-state index contributed by atoms with van der Waals surface area (Å²) in [7, 11) is 0. The van der Waals surface area contributed by atoms with Crippen molar-refractivity contribution in [1.29, 1.82) is 0 Å². The van der Waals surface area contributed by atoms with E-state index < -0.39 is 0 Å². The van der Waals surface area contributed by atoms with E-state index in [1.807, 2.05) is 0 Å². The molecule has 1 rings (SSSR count). The summed E-state index contributed by atoms with van der Waals surface area (Å²) >= 11 is 5.30. The van der Waals surface area contributed by atoms with Crippen molar-refractivity contribution in [2.24, 2.45) is 5.92 Å². The van der Waals surface area contributed by atoms with Gasteiger partial charge >= 0.3 is 49.9 Å². The summed E-state index contributed by atoms with van der Waals surface area (Å²) in [5.74, 6) is 0.449. The second kappa shape index (κ2) is 6.80. The van der Waals surface area contributed by atoms with Crippen molar-refractivity contribution < 1.29 is 11.2 Å². The van der Waals surface area contributed by atoms with Crippen LogP contribution in [0.1, 0.15) is 12.8 Å². The van der Waals surface area contributed by atoms with E-state index in [-0.39, 0.29) is 6.04 Å². The van der Waals surface area contributed by atoms with Gasteiger partial charge in [-0.15, -0.1) is 0 Å². The van der Waals surface area contributed by atoms with Crippen LogP contribution in [-0.2, 0) is 11.2 Å². The van der Waals surface area contributed by atoms with Crippen molar-refractivity contribution in [3.05, 3.63) is 12.7 Å². The maximum absolute atomic E-state index is 7.06. The van der Waals surface area contributed by atoms with Gasteiger partial charge < -0.3 is 12.7 Å². The molecule has 0 amide bonds. The Labute approximate surface area is 86.1 Å². The Morgan fingerprint density at radius 3 is 1.78 bits per heavy atom. The quantitative estimate of drug-likeness (QED) is 0.338. The zero-order chi connectivity index (χ0) is 7.28. The third-order valence-corrected chi connectivity index (χ3v) is 1.42. The molecule has 1 N–H and O–H groups in total. The molecule has 2 atom stereocenters. The van der Waals surface area contributed by atoms with Crippen LogP contribution in [0.4, 0.5) is 0 Å². The Hall–Kier alpha value is 2.11. The molecule has 1 saturated carbocycles. The normalized spacial score (nSPS) is 32.4. The summed E-state index contributed by atoms with van der Waals surface area (Å²) in [6, 6.07) is 0.171. The number of halogens is 2. The van der Waals surface area contributed by atoms with E-state index in [2.05, 4.69) is 45.6 Å². The van der Waals surface area contributed by atoms with Gasteiger partial charge in [0.1, 0.15) is 0 Å². The zero-order valence-corrected chi connectivity index (χ0v) is 11.4. The van der Waals surface area contributed by atoms with Gasteiger partial charge in [-0.25, -0.2) is 0 Å². The molecule has 0 heterocycles. The van der Waals surface area contributed by atoms with Gasteiger partial charge in [-0.3, -0.25) is 0 Å². The Morgan fingerprint density at radius 1 is 1.44 bits per heavy atom. The van der Waals surface area contributed by atoms with Gasteiger partial charge in [-0.1, -0.05) is 12.8 Å². The fourth-order valence-electron chi connectivity index (χ4n) is 0.569. The molecule has 0 radical (unpaired) electrons. The van der Waals surface area contributed by atoms with Crippen LogP contribution in [0.5, 0.6) is 0 Å². The van der Waals surface area contributed by atoms with Gasteiger partial charge in [0.25, 0.3) is 0 Å². The van der Waals surface area contributed by atoms with Crippen LogP contribution >= 0.6 is 38.7 Å². The Balaban J connectivity index is 0.000000187. The van der Waals surface area contributed by atoms with Crippen LogP contribution in [-0.4, -0.2) is 6.04 Å². The monoisotopic (exact) mass is 532 g/mol. The van der Waals surface area contributed by atoms with Gasteiger partial charge in [0.05, 0.1) is 0 Å². The Kier molecular flexibility index (Phi) is 8.39. The van der Waals surface area contributed by atoms with Crippen LogP contribution in [0.3, 0.4) is 0 Å². The second-order valence-electron chi connectivity index (χ2n) is 1.99. The molecule has 0 aromatic rings. The first-order chi connectivity index (χ1) is 4.22. The topological polar surface area (TPSA) is 23.8 Å². The second-order valence-corrected chi connectivity index (χ2v) is 18.6. The standard InChI is InChI=1S/C5H9N.2HI.Pt/c1-4-2-3-5(4)6;;;/h4-6H,1-3H2;2*1H;/q-2;;;+4/p-2. The molecular weight excluding hydrogens is 523 g/mol. The minimum absolute atomic E-state index is 0.171. The predicted molar refractivity (Wildman–Crippen MR) is 54.2 cm³/mol. The first-order valence-electron chi connectivity index (χ1n) is 2.59. The summed E-state index contributed by atoms with van der Waals surface area (Å²) in [6.45, 7) is 3.74. The molecule has 1 fully saturated rings. The van der Waals surface area contributed by atoms with Crippen molar-refractivity contribution in [1.82, 2.24) is 0 Å². The van der Waals surface area contributed by atoms with E-state index in [1.54, 1.807) is 0 Å². The summed E-state index contributed by atoms with van der Waals surface area (Å²) in [5, 5.41) is 0. The SMILES string of the molecule is [CH2-]C1CCC1[NH-].[I][Pt+2][I]. The molecular formula is C5H9I2NPt. The molecule has 1 aliphatic carbocycles. The van der Waals surface area contributed by atoms with Crippen LogP contribution in [0.2, 0.25) is 0 Å². The number of nitrogens with one attached hydrogen (secondary N) is 1. The van der Waals surface area contributed by atoms with E-state index in [0.29, 0.717) is 17.1 Å². The number of rotatable bonds is 0. The van der Waals surface area contributed by atoms with Crippen molar-refractivity contribution in [2.45, 2.75) is 18.9 Å². The summed E-state index contributed by atoms with van der Waals surface area (Å²) < 4.78 is 0. The number of hydrogen-bond acceptors (Lipinski definition) is 0. The van der Waals surface area contributed by atoms with Crippen molar-refractivity contribution >= 4 is 38.7 Å². The molecule has 1 aliphatic rings. The van der Waals surface area contributed by atoms with Crippen molar-refractivity contribution in [3.63, 3.8) is 0 Å². The van der Waals surface area contributed by atoms with E-state index in [1.165, 1.54) is 6.42 Å². The van der Waals surface area contributed by atoms with Gasteiger partial charge in [0.2, 0.25) is 0 Å². The van der Waals surface area contributed by atoms with Gasteiger partial charge in [-0.2, -0.15) is 12.0 Å². The molecule has 9 heavy (non-hydrogen) atoms. The predicted octanol–water partition coefficient (Wildman–Crippen LogP) is 3.42. The van der Waals surface area contributed by atoms with Crippen LogP contribution in [0, 0.1) is 12.8 Å². The Morgan fingerprint density at radius 2 is 1.78 bits per heavy atom. The van der Waals surface area contributed by atoms with Crippen LogP contribution in [0.25, 0.3) is 5.73 Å². The average Bonchev–Trinajstić information content (AvgIpc) is 1.86. The molecule has 2 unspecified atom stereocenters. The first kappa shape index (κ1) is 11.1. The molecule has 0 aromatic heterocycles. The van der Waals surface area contributed by atoms with E-state index in [9.17, 15) is 0 Å². The third kappa shape index (κ3) is 5.39. The van der Waals surface area contributed by atoms with Gasteiger partial charge in [0.15, 0.2) is 0 Å². The summed E-state index contributed by atoms with van der Waals surface area (Å²) in [5.41, 5.74) is 7.06.